The van der Waals surface area contributed by atoms with Crippen LogP contribution >= 0.6 is 15.9 Å². The van der Waals surface area contributed by atoms with E-state index in [4.69, 9.17) is 0 Å². The van der Waals surface area contributed by atoms with Gasteiger partial charge in [-0.05, 0) is 6.07 Å². The standard InChI is InChI=1S/C10H9BrFNO4/c1-17-10(14)4-6-2-8(12)7(5-11)3-9(6)13(15)16/h2-3H,4-5H2,1H3. The van der Waals surface area contributed by atoms with Crippen molar-refractivity contribution in [2.45, 2.75) is 11.8 Å². The minimum Gasteiger partial charge on any atom is -0.469 e. The first kappa shape index (κ1) is 13.6. The second-order valence-electron chi connectivity index (χ2n) is 3.22. The van der Waals surface area contributed by atoms with Gasteiger partial charge >= 0.3 is 5.97 Å². The summed E-state index contributed by atoms with van der Waals surface area (Å²) in [6.45, 7) is 0. The zero-order valence-corrected chi connectivity index (χ0v) is 10.5. The van der Waals surface area contributed by atoms with Gasteiger partial charge in [-0.15, -0.1) is 0 Å². The van der Waals surface area contributed by atoms with Crippen LogP contribution in [0.4, 0.5) is 10.1 Å². The number of carbonyl (C=O) groups is 1. The number of hydrogen-bond acceptors (Lipinski definition) is 4. The Hall–Kier alpha value is -1.50. The summed E-state index contributed by atoms with van der Waals surface area (Å²) in [5, 5.41) is 11.0. The molecule has 0 heterocycles. The highest BCUT2D eigenvalue weighted by molar-refractivity contribution is 9.08. The highest BCUT2D eigenvalue weighted by Gasteiger charge is 2.20. The first-order valence-corrected chi connectivity index (χ1v) is 5.70. The predicted molar refractivity (Wildman–Crippen MR) is 61.4 cm³/mol. The Kier molecular flexibility index (Phi) is 4.56. The summed E-state index contributed by atoms with van der Waals surface area (Å²) in [6.07, 6.45) is -0.327. The van der Waals surface area contributed by atoms with Gasteiger partial charge in [0.2, 0.25) is 0 Å². The van der Waals surface area contributed by atoms with E-state index in [-0.39, 0.29) is 28.6 Å². The molecule has 0 aliphatic rings. The van der Waals surface area contributed by atoms with Gasteiger partial charge in [0.15, 0.2) is 0 Å². The molecular weight excluding hydrogens is 297 g/mol. The largest absolute Gasteiger partial charge is 0.469 e. The van der Waals surface area contributed by atoms with Crippen LogP contribution in [0, 0.1) is 15.9 Å². The maximum atomic E-state index is 13.4. The number of nitrogens with zero attached hydrogens (tertiary/aromatic N) is 1. The number of hydrogen-bond donors (Lipinski definition) is 0. The number of alkyl halides is 1. The van der Waals surface area contributed by atoms with Crippen molar-refractivity contribution >= 4 is 27.6 Å². The number of methoxy groups -OCH3 is 1. The SMILES string of the molecule is COC(=O)Cc1cc(F)c(CBr)cc1[N+](=O)[O-]. The lowest BCUT2D eigenvalue weighted by molar-refractivity contribution is -0.385. The Balaban J connectivity index is 3.23. The van der Waals surface area contributed by atoms with Gasteiger partial charge in [0.1, 0.15) is 5.82 Å². The van der Waals surface area contributed by atoms with Gasteiger partial charge in [-0.2, -0.15) is 0 Å². The zero-order valence-electron chi connectivity index (χ0n) is 8.91. The van der Waals surface area contributed by atoms with E-state index >= 15 is 0 Å². The van der Waals surface area contributed by atoms with E-state index in [2.05, 4.69) is 20.7 Å². The van der Waals surface area contributed by atoms with E-state index in [1.54, 1.807) is 0 Å². The van der Waals surface area contributed by atoms with Gasteiger partial charge in [-0.1, -0.05) is 15.9 Å². The van der Waals surface area contributed by atoms with Crippen LogP contribution in [0.1, 0.15) is 11.1 Å². The highest BCUT2D eigenvalue weighted by Crippen LogP contribution is 2.25. The first-order valence-electron chi connectivity index (χ1n) is 4.58. The number of ether oxygens (including phenoxy) is 1. The number of carbonyl (C=O) groups excluding carboxylic acids is 1. The summed E-state index contributed by atoms with van der Waals surface area (Å²) in [7, 11) is 1.16. The summed E-state index contributed by atoms with van der Waals surface area (Å²) in [4.78, 5) is 21.2. The smallest absolute Gasteiger partial charge is 0.310 e. The molecule has 0 bridgehead atoms. The van der Waals surface area contributed by atoms with Gasteiger partial charge in [0.05, 0.1) is 18.5 Å². The molecule has 1 aromatic rings. The van der Waals surface area contributed by atoms with Gasteiger partial charge in [0, 0.05) is 22.5 Å². The Bertz CT molecular complexity index is 464. The summed E-state index contributed by atoms with van der Waals surface area (Å²) in [5.74, 6) is -1.24. The maximum Gasteiger partial charge on any atom is 0.310 e. The molecule has 0 spiro atoms. The third-order valence-corrected chi connectivity index (χ3v) is 2.75. The fourth-order valence-electron chi connectivity index (χ4n) is 1.29. The molecule has 0 amide bonds. The van der Waals surface area contributed by atoms with Crippen molar-refractivity contribution in [2.24, 2.45) is 0 Å². The molecule has 0 aliphatic heterocycles. The molecule has 0 radical (unpaired) electrons. The number of nitro benzene ring substituents is 1. The Morgan fingerprint density at radius 1 is 1.53 bits per heavy atom. The molecule has 7 heteroatoms. The van der Waals surface area contributed by atoms with E-state index in [0.717, 1.165) is 19.2 Å². The van der Waals surface area contributed by atoms with E-state index < -0.39 is 16.7 Å². The Morgan fingerprint density at radius 2 is 2.18 bits per heavy atom. The van der Waals surface area contributed by atoms with E-state index in [0.29, 0.717) is 0 Å². The molecule has 0 aliphatic carbocycles. The summed E-state index contributed by atoms with van der Waals surface area (Å²) in [6, 6.07) is 2.11. The van der Waals surface area contributed by atoms with Crippen molar-refractivity contribution in [1.82, 2.24) is 0 Å². The lowest BCUT2D eigenvalue weighted by Gasteiger charge is -2.05. The molecule has 0 fully saturated rings. The lowest BCUT2D eigenvalue weighted by atomic mass is 10.1. The van der Waals surface area contributed by atoms with Gasteiger partial charge in [0.25, 0.3) is 5.69 Å². The minimum atomic E-state index is -0.654. The molecule has 0 saturated carbocycles. The Morgan fingerprint density at radius 3 is 2.65 bits per heavy atom. The quantitative estimate of drug-likeness (QED) is 0.370. The highest BCUT2D eigenvalue weighted by atomic mass is 79.9. The zero-order chi connectivity index (χ0) is 13.0. The summed E-state index contributed by atoms with van der Waals surface area (Å²) >= 11 is 3.03. The minimum absolute atomic E-state index is 0.00375. The van der Waals surface area contributed by atoms with Crippen LogP contribution in [0.15, 0.2) is 12.1 Å². The maximum absolute atomic E-state index is 13.4. The number of esters is 1. The number of rotatable bonds is 4. The van der Waals surface area contributed by atoms with Crippen molar-refractivity contribution < 1.29 is 18.8 Å². The van der Waals surface area contributed by atoms with Crippen LogP contribution in [0.3, 0.4) is 0 Å². The molecule has 0 N–H and O–H groups in total. The van der Waals surface area contributed by atoms with E-state index in [9.17, 15) is 19.3 Å². The van der Waals surface area contributed by atoms with Crippen LogP contribution < -0.4 is 0 Å². The van der Waals surface area contributed by atoms with Crippen LogP contribution in [0.25, 0.3) is 0 Å². The Labute approximate surface area is 105 Å². The third kappa shape index (κ3) is 3.23. The molecule has 17 heavy (non-hydrogen) atoms. The van der Waals surface area contributed by atoms with Crippen molar-refractivity contribution in [1.29, 1.82) is 0 Å². The number of halogens is 2. The fraction of sp³-hybridized carbons (Fsp3) is 0.300. The van der Waals surface area contributed by atoms with Crippen molar-refractivity contribution in [2.75, 3.05) is 7.11 Å². The van der Waals surface area contributed by atoms with Crippen molar-refractivity contribution in [3.05, 3.63) is 39.2 Å². The van der Waals surface area contributed by atoms with Crippen molar-refractivity contribution in [3.63, 3.8) is 0 Å². The topological polar surface area (TPSA) is 69.4 Å². The number of nitro groups is 1. The monoisotopic (exact) mass is 305 g/mol. The third-order valence-electron chi connectivity index (χ3n) is 2.15. The molecule has 0 aromatic heterocycles. The molecule has 1 rings (SSSR count). The molecular formula is C10H9BrFNO4. The molecule has 1 aromatic carbocycles. The van der Waals surface area contributed by atoms with Crippen LogP contribution in [-0.4, -0.2) is 18.0 Å². The van der Waals surface area contributed by atoms with Crippen molar-refractivity contribution in [3.8, 4) is 0 Å². The molecule has 0 unspecified atom stereocenters. The molecule has 5 nitrogen and oxygen atoms in total. The van der Waals surface area contributed by atoms with E-state index in [1.807, 2.05) is 0 Å². The average molecular weight is 306 g/mol. The second kappa shape index (κ2) is 5.72. The fourth-order valence-corrected chi connectivity index (χ4v) is 1.72. The lowest BCUT2D eigenvalue weighted by Crippen LogP contribution is -2.08. The van der Waals surface area contributed by atoms with Gasteiger partial charge in [-0.3, -0.25) is 14.9 Å². The van der Waals surface area contributed by atoms with Gasteiger partial charge in [-0.25, -0.2) is 4.39 Å². The van der Waals surface area contributed by atoms with Crippen LogP contribution in [0.5, 0.6) is 0 Å². The molecule has 0 atom stereocenters. The molecule has 92 valence electrons. The van der Waals surface area contributed by atoms with Crippen LogP contribution in [0.2, 0.25) is 0 Å². The summed E-state index contributed by atoms with van der Waals surface area (Å²) in [5.41, 5.74) is -0.111. The molecule has 0 saturated heterocycles. The number of benzene rings is 1. The van der Waals surface area contributed by atoms with E-state index in [1.165, 1.54) is 0 Å². The van der Waals surface area contributed by atoms with Crippen LogP contribution in [-0.2, 0) is 21.3 Å². The average Bonchev–Trinajstić information content (AvgIpc) is 2.28. The second-order valence-corrected chi connectivity index (χ2v) is 3.78. The van der Waals surface area contributed by atoms with Gasteiger partial charge < -0.3 is 4.74 Å². The predicted octanol–water partition coefficient (Wildman–Crippen LogP) is 2.34. The first-order chi connectivity index (χ1) is 7.99. The normalized spacial score (nSPS) is 10.1. The summed E-state index contributed by atoms with van der Waals surface area (Å²) < 4.78 is 17.8.